The van der Waals surface area contributed by atoms with Crippen molar-refractivity contribution in [1.29, 1.82) is 0 Å². The maximum atomic E-state index is 14.4. The monoisotopic (exact) mass is 508 g/mol. The van der Waals surface area contributed by atoms with E-state index in [1.165, 1.54) is 5.56 Å². The Labute approximate surface area is 222 Å². The Balaban J connectivity index is 1.64. The number of aromatic nitrogens is 2. The lowest BCUT2D eigenvalue weighted by atomic mass is 10.0. The molecule has 0 aliphatic carbocycles. The van der Waals surface area contributed by atoms with Crippen LogP contribution in [-0.2, 0) is 0 Å². The molecule has 6 heteroatoms. The zero-order valence-electron chi connectivity index (χ0n) is 21.9. The van der Waals surface area contributed by atoms with Gasteiger partial charge in [0.05, 0.1) is 27.0 Å². The van der Waals surface area contributed by atoms with Gasteiger partial charge in [0.15, 0.2) is 5.13 Å². The Bertz CT molecular complexity index is 1560. The number of rotatable bonds is 8. The highest BCUT2D eigenvalue weighted by atomic mass is 32.1. The van der Waals surface area contributed by atoms with Crippen molar-refractivity contribution in [2.75, 3.05) is 31.1 Å². The van der Waals surface area contributed by atoms with Crippen molar-refractivity contribution in [2.45, 2.75) is 27.7 Å². The van der Waals surface area contributed by atoms with Crippen LogP contribution < -0.4 is 4.90 Å². The summed E-state index contributed by atoms with van der Waals surface area (Å²) in [5, 5.41) is 1.59. The maximum Gasteiger partial charge on any atom is 0.260 e. The average molecular weight is 509 g/mol. The van der Waals surface area contributed by atoms with Gasteiger partial charge in [0.2, 0.25) is 0 Å². The molecule has 0 atom stereocenters. The van der Waals surface area contributed by atoms with E-state index in [0.717, 1.165) is 62.7 Å². The minimum absolute atomic E-state index is 0.0450. The summed E-state index contributed by atoms with van der Waals surface area (Å²) in [5.41, 5.74) is 6.59. The summed E-state index contributed by atoms with van der Waals surface area (Å²) in [6, 6.07) is 24.1. The molecular weight excluding hydrogens is 476 g/mol. The van der Waals surface area contributed by atoms with Gasteiger partial charge in [-0.2, -0.15) is 0 Å². The SMILES string of the molecule is CCN(CC)CCN(C(=O)c1cc(-c2ccccc2)nc2ccccc12)c1nc2c(C)c(C)ccc2s1. The molecular formula is C31H32N4OS. The second-order valence-corrected chi connectivity index (χ2v) is 10.3. The first-order chi connectivity index (χ1) is 18.0. The van der Waals surface area contributed by atoms with E-state index < -0.39 is 0 Å². The number of amides is 1. The number of pyridine rings is 1. The standard InChI is InChI=1S/C31H32N4OS/c1-5-34(6-2)18-19-35(31-33-29-22(4)21(3)16-17-28(29)37-31)30(36)25-20-27(23-12-8-7-9-13-23)32-26-15-11-10-14-24(25)26/h7-17,20H,5-6,18-19H2,1-4H3. The van der Waals surface area contributed by atoms with Crippen molar-refractivity contribution in [1.82, 2.24) is 14.9 Å². The lowest BCUT2D eigenvalue weighted by Gasteiger charge is -2.25. The number of thiazole rings is 1. The van der Waals surface area contributed by atoms with Crippen LogP contribution in [0.2, 0.25) is 0 Å². The highest BCUT2D eigenvalue weighted by Gasteiger charge is 2.25. The molecule has 5 aromatic rings. The second-order valence-electron chi connectivity index (χ2n) is 9.27. The van der Waals surface area contributed by atoms with Crippen molar-refractivity contribution in [2.24, 2.45) is 0 Å². The van der Waals surface area contributed by atoms with Gasteiger partial charge in [-0.3, -0.25) is 9.69 Å². The Morgan fingerprint density at radius 1 is 0.865 bits per heavy atom. The maximum absolute atomic E-state index is 14.4. The third kappa shape index (κ3) is 4.99. The Morgan fingerprint density at radius 2 is 1.59 bits per heavy atom. The molecule has 0 unspecified atom stereocenters. The number of para-hydroxylation sites is 1. The van der Waals surface area contributed by atoms with E-state index in [1.807, 2.05) is 65.6 Å². The lowest BCUT2D eigenvalue weighted by molar-refractivity contribution is 0.0985. The lowest BCUT2D eigenvalue weighted by Crippen LogP contribution is -2.39. The minimum atomic E-state index is -0.0450. The summed E-state index contributed by atoms with van der Waals surface area (Å²) in [7, 11) is 0. The number of benzene rings is 3. The van der Waals surface area contributed by atoms with Crippen LogP contribution in [-0.4, -0.2) is 47.0 Å². The third-order valence-electron chi connectivity index (χ3n) is 7.10. The van der Waals surface area contributed by atoms with Crippen LogP contribution in [0.4, 0.5) is 5.13 Å². The van der Waals surface area contributed by atoms with Gasteiger partial charge < -0.3 is 4.90 Å². The summed E-state index contributed by atoms with van der Waals surface area (Å²) in [5.74, 6) is -0.0450. The molecule has 0 bridgehead atoms. The quantitative estimate of drug-likeness (QED) is 0.224. The van der Waals surface area contributed by atoms with E-state index in [9.17, 15) is 4.79 Å². The molecule has 0 radical (unpaired) electrons. The van der Waals surface area contributed by atoms with E-state index in [2.05, 4.69) is 44.7 Å². The number of anilines is 1. The van der Waals surface area contributed by atoms with Gasteiger partial charge >= 0.3 is 0 Å². The first-order valence-corrected chi connectivity index (χ1v) is 13.7. The number of aryl methyl sites for hydroxylation is 2. The zero-order valence-corrected chi connectivity index (χ0v) is 22.7. The zero-order chi connectivity index (χ0) is 25.9. The number of hydrogen-bond donors (Lipinski definition) is 0. The molecule has 2 aromatic heterocycles. The van der Waals surface area contributed by atoms with Crippen LogP contribution in [0.25, 0.3) is 32.4 Å². The molecule has 0 aliphatic heterocycles. The van der Waals surface area contributed by atoms with Gasteiger partial charge in [0.1, 0.15) is 0 Å². The average Bonchev–Trinajstić information content (AvgIpc) is 3.37. The predicted molar refractivity (Wildman–Crippen MR) is 156 cm³/mol. The molecule has 0 saturated carbocycles. The molecule has 0 saturated heterocycles. The molecule has 0 fully saturated rings. The van der Waals surface area contributed by atoms with E-state index in [0.29, 0.717) is 12.1 Å². The van der Waals surface area contributed by atoms with Gasteiger partial charge in [-0.25, -0.2) is 9.97 Å². The van der Waals surface area contributed by atoms with E-state index in [4.69, 9.17) is 9.97 Å². The molecule has 2 heterocycles. The number of carbonyl (C=O) groups excluding carboxylic acids is 1. The molecule has 188 valence electrons. The number of nitrogens with zero attached hydrogens (tertiary/aromatic N) is 4. The van der Waals surface area contributed by atoms with Crippen molar-refractivity contribution >= 4 is 43.5 Å². The molecule has 1 amide bonds. The Hall–Kier alpha value is -3.61. The Morgan fingerprint density at radius 3 is 2.35 bits per heavy atom. The molecule has 5 rings (SSSR count). The van der Waals surface area contributed by atoms with E-state index >= 15 is 0 Å². The summed E-state index contributed by atoms with van der Waals surface area (Å²) in [6.45, 7) is 11.7. The third-order valence-corrected chi connectivity index (χ3v) is 8.14. The normalized spacial score (nSPS) is 11.5. The molecule has 5 nitrogen and oxygen atoms in total. The summed E-state index contributed by atoms with van der Waals surface area (Å²) < 4.78 is 1.10. The van der Waals surface area contributed by atoms with Crippen LogP contribution >= 0.6 is 11.3 Å². The molecule has 0 aliphatic rings. The highest BCUT2D eigenvalue weighted by molar-refractivity contribution is 7.22. The van der Waals surface area contributed by atoms with Crippen LogP contribution in [0.5, 0.6) is 0 Å². The van der Waals surface area contributed by atoms with E-state index in [1.54, 1.807) is 11.3 Å². The predicted octanol–water partition coefficient (Wildman–Crippen LogP) is 7.12. The van der Waals surface area contributed by atoms with Gasteiger partial charge in [0.25, 0.3) is 5.91 Å². The van der Waals surface area contributed by atoms with Gasteiger partial charge in [-0.1, -0.05) is 79.8 Å². The molecule has 3 aromatic carbocycles. The van der Waals surface area contributed by atoms with Gasteiger partial charge in [-0.15, -0.1) is 0 Å². The number of likely N-dealkylation sites (N-methyl/N-ethyl adjacent to an activating group) is 1. The fraction of sp³-hybridized carbons (Fsp3) is 0.258. The smallest absolute Gasteiger partial charge is 0.260 e. The van der Waals surface area contributed by atoms with Crippen molar-refractivity contribution in [3.05, 3.63) is 89.5 Å². The van der Waals surface area contributed by atoms with E-state index in [-0.39, 0.29) is 5.91 Å². The van der Waals surface area contributed by atoms with Gasteiger partial charge in [-0.05, 0) is 56.3 Å². The number of fused-ring (bicyclic) bond motifs is 2. The summed E-state index contributed by atoms with van der Waals surface area (Å²) >= 11 is 1.58. The highest BCUT2D eigenvalue weighted by Crippen LogP contribution is 2.34. The fourth-order valence-electron chi connectivity index (χ4n) is 4.65. The first-order valence-electron chi connectivity index (χ1n) is 12.9. The van der Waals surface area contributed by atoms with Crippen molar-refractivity contribution in [3.8, 4) is 11.3 Å². The number of carbonyl (C=O) groups is 1. The first kappa shape index (κ1) is 25.1. The van der Waals surface area contributed by atoms with Crippen LogP contribution in [0.15, 0.2) is 72.8 Å². The second kappa shape index (κ2) is 10.8. The van der Waals surface area contributed by atoms with Crippen LogP contribution in [0.3, 0.4) is 0 Å². The summed E-state index contributed by atoms with van der Waals surface area (Å²) in [6.07, 6.45) is 0. The number of hydrogen-bond acceptors (Lipinski definition) is 5. The fourth-order valence-corrected chi connectivity index (χ4v) is 5.70. The topological polar surface area (TPSA) is 49.3 Å². The molecule has 0 N–H and O–H groups in total. The molecule has 37 heavy (non-hydrogen) atoms. The summed E-state index contributed by atoms with van der Waals surface area (Å²) in [4.78, 5) is 28.5. The Kier molecular flexibility index (Phi) is 7.31. The largest absolute Gasteiger partial charge is 0.302 e. The minimum Gasteiger partial charge on any atom is -0.302 e. The van der Waals surface area contributed by atoms with Crippen LogP contribution in [0.1, 0.15) is 35.3 Å². The molecule has 0 spiro atoms. The van der Waals surface area contributed by atoms with Crippen molar-refractivity contribution in [3.63, 3.8) is 0 Å². The van der Waals surface area contributed by atoms with Crippen LogP contribution in [0, 0.1) is 13.8 Å². The van der Waals surface area contributed by atoms with Crippen molar-refractivity contribution < 1.29 is 4.79 Å². The van der Waals surface area contributed by atoms with Gasteiger partial charge in [0, 0.05) is 24.0 Å².